The molecule has 0 saturated heterocycles. The topological polar surface area (TPSA) is 87.4 Å². The number of rotatable bonds is 5. The summed E-state index contributed by atoms with van der Waals surface area (Å²) in [6.07, 6.45) is -7.21. The summed E-state index contributed by atoms with van der Waals surface area (Å²) >= 11 is 5.99. The average Bonchev–Trinajstić information content (AvgIpc) is 3.12. The number of halogens is 6. The van der Waals surface area contributed by atoms with Crippen LogP contribution < -0.4 is 15.7 Å². The van der Waals surface area contributed by atoms with Crippen molar-refractivity contribution in [2.45, 2.75) is 39.3 Å². The van der Waals surface area contributed by atoms with Gasteiger partial charge < -0.3 is 14.8 Å². The zero-order valence-electron chi connectivity index (χ0n) is 18.8. The molecule has 3 aromatic rings. The normalized spacial score (nSPS) is 14.3. The number of nitrogens with zero attached hydrogens (tertiary/aromatic N) is 3. The van der Waals surface area contributed by atoms with Gasteiger partial charge in [0.2, 0.25) is 0 Å². The number of hydrogen-bond acceptors (Lipinski definition) is 5. The maximum Gasteiger partial charge on any atom is 0.425 e. The van der Waals surface area contributed by atoms with Crippen molar-refractivity contribution < 1.29 is 36.2 Å². The fourth-order valence-corrected chi connectivity index (χ4v) is 3.82. The molecule has 8 nitrogen and oxygen atoms in total. The molecular formula is C22H18ClF5N4O4. The van der Waals surface area contributed by atoms with E-state index in [1.807, 2.05) is 0 Å². The Labute approximate surface area is 205 Å². The molecule has 1 amide bonds. The van der Waals surface area contributed by atoms with Crippen LogP contribution in [0, 0.1) is 18.6 Å². The number of amides is 1. The van der Waals surface area contributed by atoms with Gasteiger partial charge in [0, 0.05) is 6.07 Å². The first kappa shape index (κ1) is 25.6. The maximum absolute atomic E-state index is 15.2. The van der Waals surface area contributed by atoms with Crippen molar-refractivity contribution in [2.75, 3.05) is 11.9 Å². The van der Waals surface area contributed by atoms with Crippen LogP contribution in [0.3, 0.4) is 0 Å². The molecule has 1 aliphatic heterocycles. The number of benzene rings is 2. The molecule has 1 atom stereocenters. The quantitative estimate of drug-likeness (QED) is 0.493. The van der Waals surface area contributed by atoms with Crippen molar-refractivity contribution in [2.24, 2.45) is 0 Å². The van der Waals surface area contributed by atoms with Crippen LogP contribution in [-0.2, 0) is 17.9 Å². The Morgan fingerprint density at radius 3 is 2.61 bits per heavy atom. The smallest absolute Gasteiger partial charge is 0.425 e. The first-order chi connectivity index (χ1) is 16.9. The second kappa shape index (κ2) is 9.54. The lowest BCUT2D eigenvalue weighted by atomic mass is 10.1. The van der Waals surface area contributed by atoms with Crippen molar-refractivity contribution in [3.63, 3.8) is 0 Å². The van der Waals surface area contributed by atoms with Gasteiger partial charge in [-0.2, -0.15) is 17.9 Å². The first-order valence-corrected chi connectivity index (χ1v) is 10.9. The SMILES string of the molecule is Cc1cc(F)cc(Cl)c1NC(=O)c1cc(F)c(-n2nc3n(c2=O)CCOC3)cc1OC(C)C(F)(F)F. The monoisotopic (exact) mass is 532 g/mol. The summed E-state index contributed by atoms with van der Waals surface area (Å²) in [4.78, 5) is 25.7. The van der Waals surface area contributed by atoms with Crippen molar-refractivity contribution in [3.8, 4) is 11.4 Å². The summed E-state index contributed by atoms with van der Waals surface area (Å²) in [7, 11) is 0. The molecule has 0 saturated carbocycles. The van der Waals surface area contributed by atoms with Gasteiger partial charge in [-0.05, 0) is 37.6 Å². The molecular weight excluding hydrogens is 515 g/mol. The van der Waals surface area contributed by atoms with Crippen LogP contribution in [0.1, 0.15) is 28.7 Å². The summed E-state index contributed by atoms with van der Waals surface area (Å²) < 4.78 is 80.5. The lowest BCUT2D eigenvalue weighted by Crippen LogP contribution is -2.32. The van der Waals surface area contributed by atoms with E-state index in [-0.39, 0.29) is 41.9 Å². The van der Waals surface area contributed by atoms with E-state index in [1.165, 1.54) is 11.5 Å². The molecule has 1 unspecified atom stereocenters. The summed E-state index contributed by atoms with van der Waals surface area (Å²) in [5, 5.41) is 6.16. The van der Waals surface area contributed by atoms with E-state index >= 15 is 4.39 Å². The fourth-order valence-electron chi connectivity index (χ4n) is 3.52. The Bertz CT molecular complexity index is 1380. The van der Waals surface area contributed by atoms with E-state index in [1.54, 1.807) is 0 Å². The summed E-state index contributed by atoms with van der Waals surface area (Å²) in [6.45, 7) is 2.50. The highest BCUT2D eigenvalue weighted by atomic mass is 35.5. The highest BCUT2D eigenvalue weighted by Gasteiger charge is 2.39. The molecule has 36 heavy (non-hydrogen) atoms. The highest BCUT2D eigenvalue weighted by molar-refractivity contribution is 6.34. The number of carbonyl (C=O) groups excluding carboxylic acids is 1. The Morgan fingerprint density at radius 1 is 1.25 bits per heavy atom. The van der Waals surface area contributed by atoms with Crippen LogP contribution >= 0.6 is 11.6 Å². The van der Waals surface area contributed by atoms with Gasteiger partial charge in [0.1, 0.15) is 29.7 Å². The van der Waals surface area contributed by atoms with Gasteiger partial charge >= 0.3 is 11.9 Å². The van der Waals surface area contributed by atoms with Crippen LogP contribution in [-0.4, -0.2) is 39.1 Å². The van der Waals surface area contributed by atoms with Crippen molar-refractivity contribution in [1.29, 1.82) is 0 Å². The standard InChI is InChI=1S/C22H18ClF5N4O4/c1-10-5-12(24)6-14(23)19(10)29-20(33)13-7-15(25)16(8-17(13)36-11(2)22(26,27)28)32-21(34)31-3-4-35-9-18(31)30-32/h5-8,11H,3-4,9H2,1-2H3,(H,29,33). The maximum atomic E-state index is 15.2. The molecule has 0 spiro atoms. The number of fused-ring (bicyclic) bond motifs is 1. The number of aromatic nitrogens is 3. The van der Waals surface area contributed by atoms with Gasteiger partial charge in [0.15, 0.2) is 11.9 Å². The van der Waals surface area contributed by atoms with Gasteiger partial charge in [-0.15, -0.1) is 5.10 Å². The van der Waals surface area contributed by atoms with Crippen LogP contribution in [0.2, 0.25) is 5.02 Å². The number of aryl methyl sites for hydroxylation is 1. The molecule has 4 rings (SSSR count). The molecule has 2 heterocycles. The Morgan fingerprint density at radius 2 is 1.97 bits per heavy atom. The predicted molar refractivity (Wildman–Crippen MR) is 118 cm³/mol. The van der Waals surface area contributed by atoms with Gasteiger partial charge in [0.05, 0.1) is 29.4 Å². The van der Waals surface area contributed by atoms with Crippen LogP contribution in [0.15, 0.2) is 29.1 Å². The number of nitrogens with one attached hydrogen (secondary N) is 1. The second-order valence-electron chi connectivity index (χ2n) is 7.95. The Kier molecular flexibility index (Phi) is 6.80. The molecule has 1 N–H and O–H groups in total. The van der Waals surface area contributed by atoms with E-state index in [2.05, 4.69) is 10.4 Å². The molecule has 14 heteroatoms. The fraction of sp³-hybridized carbons (Fsp3) is 0.318. The predicted octanol–water partition coefficient (Wildman–Crippen LogP) is 4.39. The third kappa shape index (κ3) is 4.93. The zero-order chi connectivity index (χ0) is 26.4. The molecule has 192 valence electrons. The molecule has 0 fully saturated rings. The number of ether oxygens (including phenoxy) is 2. The van der Waals surface area contributed by atoms with Gasteiger partial charge in [-0.3, -0.25) is 9.36 Å². The molecule has 2 aromatic carbocycles. The number of anilines is 1. The first-order valence-electron chi connectivity index (χ1n) is 10.5. The average molecular weight is 533 g/mol. The summed E-state index contributed by atoms with van der Waals surface area (Å²) in [5.74, 6) is -3.36. The van der Waals surface area contributed by atoms with Crippen LogP contribution in [0.4, 0.5) is 27.6 Å². The Hall–Kier alpha value is -3.45. The minimum Gasteiger partial charge on any atom is -0.480 e. The number of alkyl halides is 3. The number of carbonyl (C=O) groups is 1. The minimum atomic E-state index is -4.82. The highest BCUT2D eigenvalue weighted by Crippen LogP contribution is 2.33. The van der Waals surface area contributed by atoms with Gasteiger partial charge in [0.25, 0.3) is 5.91 Å². The molecule has 0 aliphatic carbocycles. The third-order valence-corrected chi connectivity index (χ3v) is 5.70. The van der Waals surface area contributed by atoms with Gasteiger partial charge in [-0.1, -0.05) is 11.6 Å². The lowest BCUT2D eigenvalue weighted by Gasteiger charge is -2.21. The largest absolute Gasteiger partial charge is 0.480 e. The van der Waals surface area contributed by atoms with E-state index in [0.717, 1.165) is 18.2 Å². The Balaban J connectivity index is 1.80. The minimum absolute atomic E-state index is 0.0173. The van der Waals surface area contributed by atoms with Gasteiger partial charge in [-0.25, -0.2) is 13.6 Å². The second-order valence-corrected chi connectivity index (χ2v) is 8.36. The van der Waals surface area contributed by atoms with E-state index in [0.29, 0.717) is 17.7 Å². The third-order valence-electron chi connectivity index (χ3n) is 5.41. The van der Waals surface area contributed by atoms with Crippen molar-refractivity contribution in [3.05, 3.63) is 68.4 Å². The lowest BCUT2D eigenvalue weighted by molar-refractivity contribution is -0.189. The van der Waals surface area contributed by atoms with Crippen LogP contribution in [0.5, 0.6) is 5.75 Å². The summed E-state index contributed by atoms with van der Waals surface area (Å²) in [5.41, 5.74) is -1.70. The number of hydrogen-bond donors (Lipinski definition) is 1. The molecule has 0 radical (unpaired) electrons. The summed E-state index contributed by atoms with van der Waals surface area (Å²) in [6, 6.07) is 3.41. The van der Waals surface area contributed by atoms with E-state index in [4.69, 9.17) is 21.1 Å². The van der Waals surface area contributed by atoms with E-state index in [9.17, 15) is 27.2 Å². The van der Waals surface area contributed by atoms with Crippen molar-refractivity contribution >= 4 is 23.2 Å². The van der Waals surface area contributed by atoms with E-state index < -0.39 is 52.5 Å². The van der Waals surface area contributed by atoms with Crippen molar-refractivity contribution in [1.82, 2.24) is 14.3 Å². The molecule has 0 bridgehead atoms. The molecule has 1 aromatic heterocycles. The molecule has 1 aliphatic rings. The van der Waals surface area contributed by atoms with Crippen LogP contribution in [0.25, 0.3) is 5.69 Å². The zero-order valence-corrected chi connectivity index (χ0v) is 19.5.